The molecule has 0 aliphatic heterocycles. The summed E-state index contributed by atoms with van der Waals surface area (Å²) in [5.41, 5.74) is 0.893. The van der Waals surface area contributed by atoms with Gasteiger partial charge in [0.2, 0.25) is 5.91 Å². The third-order valence-electron chi connectivity index (χ3n) is 2.63. The van der Waals surface area contributed by atoms with E-state index >= 15 is 0 Å². The molecule has 0 aromatic heterocycles. The quantitative estimate of drug-likeness (QED) is 0.796. The summed E-state index contributed by atoms with van der Waals surface area (Å²) in [6.07, 6.45) is 0.357. The van der Waals surface area contributed by atoms with Crippen molar-refractivity contribution in [2.75, 3.05) is 12.4 Å². The van der Waals surface area contributed by atoms with Gasteiger partial charge in [0.25, 0.3) is 5.91 Å². The zero-order chi connectivity index (χ0) is 15.1. The minimum atomic E-state index is -0.735. The van der Waals surface area contributed by atoms with Crippen LogP contribution in [0.25, 0.3) is 0 Å². The lowest BCUT2D eigenvalue weighted by molar-refractivity contribution is -0.142. The van der Waals surface area contributed by atoms with Gasteiger partial charge in [0.1, 0.15) is 6.04 Å². The first-order valence-electron chi connectivity index (χ1n) is 6.26. The lowest BCUT2D eigenvalue weighted by Gasteiger charge is -2.12. The van der Waals surface area contributed by atoms with Crippen LogP contribution in [0.1, 0.15) is 30.6 Å². The summed E-state index contributed by atoms with van der Waals surface area (Å²) in [6, 6.07) is 5.76. The average molecular weight is 278 g/mol. The fourth-order valence-corrected chi connectivity index (χ4v) is 1.50. The van der Waals surface area contributed by atoms with Crippen LogP contribution in [-0.2, 0) is 14.3 Å². The van der Waals surface area contributed by atoms with Crippen molar-refractivity contribution in [1.82, 2.24) is 5.32 Å². The van der Waals surface area contributed by atoms with E-state index in [1.807, 2.05) is 0 Å². The molecule has 0 unspecified atom stereocenters. The zero-order valence-corrected chi connectivity index (χ0v) is 11.7. The third kappa shape index (κ3) is 4.38. The van der Waals surface area contributed by atoms with Crippen LogP contribution >= 0.6 is 0 Å². The van der Waals surface area contributed by atoms with Gasteiger partial charge in [-0.1, -0.05) is 13.0 Å². The van der Waals surface area contributed by atoms with Gasteiger partial charge >= 0.3 is 5.97 Å². The highest BCUT2D eigenvalue weighted by atomic mass is 16.5. The number of benzene rings is 1. The molecule has 0 radical (unpaired) electrons. The summed E-state index contributed by atoms with van der Waals surface area (Å²) in [5, 5.41) is 5.18. The highest BCUT2D eigenvalue weighted by Crippen LogP contribution is 2.11. The first kappa shape index (κ1) is 15.7. The number of hydrogen-bond acceptors (Lipinski definition) is 4. The summed E-state index contributed by atoms with van der Waals surface area (Å²) in [7, 11) is 1.26. The number of carbonyl (C=O) groups excluding carboxylic acids is 3. The molecule has 0 heterocycles. The molecule has 2 N–H and O–H groups in total. The molecule has 0 saturated carbocycles. The van der Waals surface area contributed by atoms with E-state index in [9.17, 15) is 14.4 Å². The SMILES string of the molecule is CCC(=O)Nc1cccc(C(=O)N[C@@H](C)C(=O)OC)c1. The van der Waals surface area contributed by atoms with Crippen LogP contribution in [0.5, 0.6) is 0 Å². The van der Waals surface area contributed by atoms with Crippen molar-refractivity contribution in [3.8, 4) is 0 Å². The van der Waals surface area contributed by atoms with E-state index in [0.717, 1.165) is 0 Å². The minimum absolute atomic E-state index is 0.134. The van der Waals surface area contributed by atoms with Crippen molar-refractivity contribution in [1.29, 1.82) is 0 Å². The first-order chi connectivity index (χ1) is 9.47. The normalized spacial score (nSPS) is 11.3. The Balaban J connectivity index is 2.76. The predicted molar refractivity (Wildman–Crippen MR) is 74.3 cm³/mol. The second-order valence-corrected chi connectivity index (χ2v) is 4.20. The molecule has 6 heteroatoms. The molecule has 108 valence electrons. The lowest BCUT2D eigenvalue weighted by Crippen LogP contribution is -2.39. The Bertz CT molecular complexity index is 514. The molecule has 6 nitrogen and oxygen atoms in total. The molecular weight excluding hydrogens is 260 g/mol. The number of esters is 1. The molecule has 2 amide bonds. The number of carbonyl (C=O) groups is 3. The molecular formula is C14H18N2O4. The number of hydrogen-bond donors (Lipinski definition) is 2. The molecule has 1 aromatic rings. The van der Waals surface area contributed by atoms with Crippen LogP contribution in [0.2, 0.25) is 0 Å². The maximum absolute atomic E-state index is 12.0. The average Bonchev–Trinajstić information content (AvgIpc) is 2.46. The van der Waals surface area contributed by atoms with Gasteiger partial charge < -0.3 is 15.4 Å². The Morgan fingerprint density at radius 2 is 2.00 bits per heavy atom. The van der Waals surface area contributed by atoms with Crippen LogP contribution in [0.15, 0.2) is 24.3 Å². The molecule has 0 spiro atoms. The lowest BCUT2D eigenvalue weighted by atomic mass is 10.1. The van der Waals surface area contributed by atoms with Gasteiger partial charge in [-0.3, -0.25) is 9.59 Å². The first-order valence-corrected chi connectivity index (χ1v) is 6.26. The van der Waals surface area contributed by atoms with E-state index < -0.39 is 17.9 Å². The minimum Gasteiger partial charge on any atom is -0.467 e. The van der Waals surface area contributed by atoms with E-state index in [0.29, 0.717) is 17.7 Å². The fraction of sp³-hybridized carbons (Fsp3) is 0.357. The summed E-state index contributed by atoms with van der Waals surface area (Å²) in [5.74, 6) is -1.06. The van der Waals surface area contributed by atoms with Crippen molar-refractivity contribution < 1.29 is 19.1 Å². The number of amides is 2. The molecule has 20 heavy (non-hydrogen) atoms. The largest absolute Gasteiger partial charge is 0.467 e. The van der Waals surface area contributed by atoms with Gasteiger partial charge in [-0.2, -0.15) is 0 Å². The summed E-state index contributed by atoms with van der Waals surface area (Å²) < 4.78 is 4.53. The van der Waals surface area contributed by atoms with Gasteiger partial charge in [-0.05, 0) is 25.1 Å². The van der Waals surface area contributed by atoms with Crippen molar-refractivity contribution in [2.24, 2.45) is 0 Å². The molecule has 0 saturated heterocycles. The highest BCUT2D eigenvalue weighted by molar-refractivity contribution is 5.98. The maximum Gasteiger partial charge on any atom is 0.328 e. The Hall–Kier alpha value is -2.37. The molecule has 0 bridgehead atoms. The Labute approximate surface area is 117 Å². The monoisotopic (exact) mass is 278 g/mol. The van der Waals surface area contributed by atoms with Crippen LogP contribution in [0.3, 0.4) is 0 Å². The molecule has 1 rings (SSSR count). The third-order valence-corrected chi connectivity index (χ3v) is 2.63. The summed E-state index contributed by atoms with van der Waals surface area (Å²) in [6.45, 7) is 3.27. The predicted octanol–water partition coefficient (Wildman–Crippen LogP) is 1.33. The van der Waals surface area contributed by atoms with Gasteiger partial charge in [0, 0.05) is 17.7 Å². The molecule has 0 aliphatic carbocycles. The molecule has 1 aromatic carbocycles. The smallest absolute Gasteiger partial charge is 0.328 e. The van der Waals surface area contributed by atoms with Gasteiger partial charge in [0.05, 0.1) is 7.11 Å². The maximum atomic E-state index is 12.0. The molecule has 0 fully saturated rings. The summed E-state index contributed by atoms with van der Waals surface area (Å²) in [4.78, 5) is 34.5. The van der Waals surface area contributed by atoms with Crippen molar-refractivity contribution in [3.05, 3.63) is 29.8 Å². The highest BCUT2D eigenvalue weighted by Gasteiger charge is 2.17. The fourth-order valence-electron chi connectivity index (χ4n) is 1.50. The van der Waals surface area contributed by atoms with E-state index in [2.05, 4.69) is 15.4 Å². The molecule has 0 aliphatic rings. The standard InChI is InChI=1S/C14H18N2O4/c1-4-12(17)16-11-7-5-6-10(8-11)13(18)15-9(2)14(19)20-3/h5-9H,4H2,1-3H3,(H,15,18)(H,16,17)/t9-/m0/s1. The Morgan fingerprint density at radius 3 is 2.60 bits per heavy atom. The zero-order valence-electron chi connectivity index (χ0n) is 11.7. The van der Waals surface area contributed by atoms with E-state index in [1.165, 1.54) is 14.0 Å². The van der Waals surface area contributed by atoms with E-state index in [4.69, 9.17) is 0 Å². The van der Waals surface area contributed by atoms with Crippen LogP contribution < -0.4 is 10.6 Å². The van der Waals surface area contributed by atoms with Gasteiger partial charge in [0.15, 0.2) is 0 Å². The number of methoxy groups -OCH3 is 1. The Morgan fingerprint density at radius 1 is 1.30 bits per heavy atom. The second kappa shape index (κ2) is 7.28. The van der Waals surface area contributed by atoms with Crippen LogP contribution in [-0.4, -0.2) is 30.9 Å². The van der Waals surface area contributed by atoms with Crippen LogP contribution in [0, 0.1) is 0 Å². The van der Waals surface area contributed by atoms with Crippen LogP contribution in [0.4, 0.5) is 5.69 Å². The van der Waals surface area contributed by atoms with Gasteiger partial charge in [-0.15, -0.1) is 0 Å². The number of rotatable bonds is 5. The number of nitrogens with one attached hydrogen (secondary N) is 2. The van der Waals surface area contributed by atoms with Crippen molar-refractivity contribution in [3.63, 3.8) is 0 Å². The topological polar surface area (TPSA) is 84.5 Å². The van der Waals surface area contributed by atoms with Crippen molar-refractivity contribution >= 4 is 23.5 Å². The van der Waals surface area contributed by atoms with Gasteiger partial charge in [-0.25, -0.2) is 4.79 Å². The van der Waals surface area contributed by atoms with Crippen molar-refractivity contribution in [2.45, 2.75) is 26.3 Å². The molecule has 1 atom stereocenters. The van der Waals surface area contributed by atoms with E-state index in [-0.39, 0.29) is 5.91 Å². The summed E-state index contributed by atoms with van der Waals surface area (Å²) >= 11 is 0. The van der Waals surface area contributed by atoms with E-state index in [1.54, 1.807) is 31.2 Å². The number of anilines is 1. The second-order valence-electron chi connectivity index (χ2n) is 4.20. The Kier molecular flexibility index (Phi) is 5.71. The number of ether oxygens (including phenoxy) is 1.